The summed E-state index contributed by atoms with van der Waals surface area (Å²) in [5, 5.41) is 0. The van der Waals surface area contributed by atoms with Gasteiger partial charge in [0.25, 0.3) is 0 Å². The van der Waals surface area contributed by atoms with Crippen LogP contribution in [0.3, 0.4) is 0 Å². The Morgan fingerprint density at radius 1 is 1.26 bits per heavy atom. The van der Waals surface area contributed by atoms with E-state index in [2.05, 4.69) is 0 Å². The Bertz CT molecular complexity index is 344. The Hall–Kier alpha value is -1.26. The summed E-state index contributed by atoms with van der Waals surface area (Å²) in [5.74, 6) is 0.201. The van der Waals surface area contributed by atoms with Crippen molar-refractivity contribution >= 4 is 12.1 Å². The third-order valence-corrected chi connectivity index (χ3v) is 3.41. The van der Waals surface area contributed by atoms with Gasteiger partial charge < -0.3 is 9.47 Å². The number of methoxy groups -OCH3 is 1. The van der Waals surface area contributed by atoms with Crippen LogP contribution in [0.25, 0.3) is 0 Å². The Labute approximate surface area is 115 Å². The van der Waals surface area contributed by atoms with Crippen LogP contribution in [-0.4, -0.2) is 42.8 Å². The number of hydrogen-bond donors (Lipinski definition) is 0. The summed E-state index contributed by atoms with van der Waals surface area (Å²) < 4.78 is 10.1. The van der Waals surface area contributed by atoms with Crippen LogP contribution in [0.2, 0.25) is 0 Å². The summed E-state index contributed by atoms with van der Waals surface area (Å²) in [5.41, 5.74) is -0.575. The molecule has 110 valence electrons. The maximum absolute atomic E-state index is 12.1. The van der Waals surface area contributed by atoms with Gasteiger partial charge in [-0.05, 0) is 45.4 Å². The molecule has 0 spiro atoms. The fraction of sp³-hybridized carbons (Fsp3) is 0.857. The van der Waals surface area contributed by atoms with E-state index >= 15 is 0 Å². The van der Waals surface area contributed by atoms with Gasteiger partial charge in [-0.1, -0.05) is 6.92 Å². The van der Waals surface area contributed by atoms with E-state index in [1.807, 2.05) is 6.92 Å². The lowest BCUT2D eigenvalue weighted by Gasteiger charge is -2.32. The van der Waals surface area contributed by atoms with Crippen LogP contribution in [-0.2, 0) is 14.3 Å². The number of amides is 1. The molecule has 5 nitrogen and oxygen atoms in total. The van der Waals surface area contributed by atoms with Gasteiger partial charge >= 0.3 is 12.1 Å². The molecule has 0 aromatic carbocycles. The molecule has 0 N–H and O–H groups in total. The standard InChI is InChI=1S/C14H25NO4/c1-9(10-7-8-10)11(12(16)18-6)15(5)13(17)19-14(2,3)4/h9-11H,7-8H2,1-6H3/t9?,11-/m0/s1. The van der Waals surface area contributed by atoms with Crippen molar-refractivity contribution < 1.29 is 19.1 Å². The maximum atomic E-state index is 12.1. The maximum Gasteiger partial charge on any atom is 0.410 e. The number of rotatable bonds is 4. The monoisotopic (exact) mass is 271 g/mol. The zero-order chi connectivity index (χ0) is 14.8. The number of nitrogens with zero attached hydrogens (tertiary/aromatic N) is 1. The molecule has 1 fully saturated rings. The average molecular weight is 271 g/mol. The van der Waals surface area contributed by atoms with Gasteiger partial charge in [-0.2, -0.15) is 0 Å². The first-order chi connectivity index (χ1) is 8.67. The summed E-state index contributed by atoms with van der Waals surface area (Å²) in [6, 6.07) is -0.577. The lowest BCUT2D eigenvalue weighted by Crippen LogP contribution is -2.49. The number of ether oxygens (including phenoxy) is 2. The topological polar surface area (TPSA) is 55.8 Å². The molecule has 19 heavy (non-hydrogen) atoms. The SMILES string of the molecule is COC(=O)[C@H](C(C)C1CC1)N(C)C(=O)OC(C)(C)C. The van der Waals surface area contributed by atoms with Crippen molar-refractivity contribution in [2.45, 2.75) is 52.2 Å². The quantitative estimate of drug-likeness (QED) is 0.737. The average Bonchev–Trinajstić information content (AvgIpc) is 3.09. The van der Waals surface area contributed by atoms with Gasteiger partial charge in [0.15, 0.2) is 0 Å². The number of carbonyl (C=O) groups is 2. The van der Waals surface area contributed by atoms with Crippen LogP contribution in [0.5, 0.6) is 0 Å². The molecule has 0 bridgehead atoms. The number of carbonyl (C=O) groups excluding carboxylic acids is 2. The minimum absolute atomic E-state index is 0.0879. The van der Waals surface area contributed by atoms with Crippen LogP contribution in [0.15, 0.2) is 0 Å². The lowest BCUT2D eigenvalue weighted by molar-refractivity contribution is -0.148. The molecule has 0 saturated heterocycles. The number of likely N-dealkylation sites (N-methyl/N-ethyl adjacent to an activating group) is 1. The second kappa shape index (κ2) is 5.80. The Morgan fingerprint density at radius 3 is 2.16 bits per heavy atom. The Balaban J connectivity index is 2.78. The van der Waals surface area contributed by atoms with Gasteiger partial charge in [-0.25, -0.2) is 9.59 Å². The summed E-state index contributed by atoms with van der Waals surface area (Å²) in [6.07, 6.45) is 1.73. The van der Waals surface area contributed by atoms with Gasteiger partial charge in [0.2, 0.25) is 0 Å². The van der Waals surface area contributed by atoms with Crippen LogP contribution >= 0.6 is 0 Å². The predicted molar refractivity (Wildman–Crippen MR) is 71.7 cm³/mol. The third-order valence-electron chi connectivity index (χ3n) is 3.41. The highest BCUT2D eigenvalue weighted by Crippen LogP contribution is 2.39. The van der Waals surface area contributed by atoms with Crippen LogP contribution < -0.4 is 0 Å². The lowest BCUT2D eigenvalue weighted by atomic mass is 9.96. The molecule has 0 aromatic rings. The highest BCUT2D eigenvalue weighted by Gasteiger charge is 2.42. The Kier molecular flexibility index (Phi) is 4.82. The van der Waals surface area contributed by atoms with E-state index in [0.29, 0.717) is 5.92 Å². The molecule has 0 aromatic heterocycles. The molecule has 0 radical (unpaired) electrons. The van der Waals surface area contributed by atoms with Crippen molar-refractivity contribution in [3.8, 4) is 0 Å². The molecular weight excluding hydrogens is 246 g/mol. The van der Waals surface area contributed by atoms with E-state index in [9.17, 15) is 9.59 Å². The zero-order valence-electron chi connectivity index (χ0n) is 12.7. The van der Waals surface area contributed by atoms with Crippen molar-refractivity contribution in [3.05, 3.63) is 0 Å². The predicted octanol–water partition coefficient (Wildman–Crippen LogP) is 2.44. The van der Waals surface area contributed by atoms with Gasteiger partial charge in [0.05, 0.1) is 7.11 Å². The fourth-order valence-corrected chi connectivity index (χ4v) is 2.17. The Morgan fingerprint density at radius 2 is 1.79 bits per heavy atom. The molecule has 1 saturated carbocycles. The zero-order valence-corrected chi connectivity index (χ0v) is 12.7. The van der Waals surface area contributed by atoms with Crippen LogP contribution in [0.4, 0.5) is 4.79 Å². The largest absolute Gasteiger partial charge is 0.467 e. The van der Waals surface area contributed by atoms with Gasteiger partial charge in [0, 0.05) is 7.05 Å². The first-order valence-corrected chi connectivity index (χ1v) is 6.71. The normalized spacial score (nSPS) is 18.4. The van der Waals surface area contributed by atoms with Crippen molar-refractivity contribution in [2.75, 3.05) is 14.2 Å². The van der Waals surface area contributed by atoms with Gasteiger partial charge in [-0.15, -0.1) is 0 Å². The summed E-state index contributed by atoms with van der Waals surface area (Å²) in [7, 11) is 2.94. The van der Waals surface area contributed by atoms with E-state index in [4.69, 9.17) is 9.47 Å². The number of hydrogen-bond acceptors (Lipinski definition) is 4. The molecular formula is C14H25NO4. The summed E-state index contributed by atoms with van der Waals surface area (Å²) in [6.45, 7) is 7.39. The van der Waals surface area contributed by atoms with E-state index in [0.717, 1.165) is 12.8 Å². The van der Waals surface area contributed by atoms with E-state index in [1.54, 1.807) is 27.8 Å². The van der Waals surface area contributed by atoms with Crippen molar-refractivity contribution in [1.29, 1.82) is 0 Å². The highest BCUT2D eigenvalue weighted by atomic mass is 16.6. The van der Waals surface area contributed by atoms with Crippen molar-refractivity contribution in [1.82, 2.24) is 4.90 Å². The van der Waals surface area contributed by atoms with Gasteiger partial charge in [0.1, 0.15) is 11.6 Å². The third kappa shape index (κ3) is 4.40. The molecule has 1 unspecified atom stereocenters. The molecule has 2 atom stereocenters. The van der Waals surface area contributed by atoms with Crippen molar-refractivity contribution in [3.63, 3.8) is 0 Å². The second-order valence-electron chi connectivity index (χ2n) is 6.26. The molecule has 1 rings (SSSR count). The number of esters is 1. The minimum atomic E-state index is -0.577. The smallest absolute Gasteiger partial charge is 0.410 e. The summed E-state index contributed by atoms with van der Waals surface area (Å²) >= 11 is 0. The van der Waals surface area contributed by atoms with E-state index in [-0.39, 0.29) is 11.9 Å². The minimum Gasteiger partial charge on any atom is -0.467 e. The second-order valence-corrected chi connectivity index (χ2v) is 6.26. The molecule has 0 aliphatic heterocycles. The summed E-state index contributed by atoms with van der Waals surface area (Å²) in [4.78, 5) is 25.4. The van der Waals surface area contributed by atoms with Gasteiger partial charge in [-0.3, -0.25) is 4.90 Å². The fourth-order valence-electron chi connectivity index (χ4n) is 2.17. The van der Waals surface area contributed by atoms with Crippen LogP contribution in [0.1, 0.15) is 40.5 Å². The van der Waals surface area contributed by atoms with E-state index < -0.39 is 17.7 Å². The molecule has 5 heteroatoms. The molecule has 1 aliphatic rings. The molecule has 1 amide bonds. The van der Waals surface area contributed by atoms with Crippen LogP contribution in [0, 0.1) is 11.8 Å². The first-order valence-electron chi connectivity index (χ1n) is 6.71. The molecule has 0 heterocycles. The highest BCUT2D eigenvalue weighted by molar-refractivity contribution is 5.81. The molecule has 1 aliphatic carbocycles. The first kappa shape index (κ1) is 15.8. The van der Waals surface area contributed by atoms with Crippen molar-refractivity contribution in [2.24, 2.45) is 11.8 Å². The van der Waals surface area contributed by atoms with E-state index in [1.165, 1.54) is 12.0 Å².